The quantitative estimate of drug-likeness (QED) is 0.774. The number of nitrogens with zero attached hydrogens (tertiary/aromatic N) is 1. The molecule has 94 valence electrons. The van der Waals surface area contributed by atoms with E-state index in [-0.39, 0.29) is 5.78 Å². The van der Waals surface area contributed by atoms with Gasteiger partial charge in [0.2, 0.25) is 5.78 Å². The summed E-state index contributed by atoms with van der Waals surface area (Å²) in [4.78, 5) is 17.1. The van der Waals surface area contributed by atoms with Crippen molar-refractivity contribution in [2.75, 3.05) is 6.61 Å². The standard InChI is InChI=1S/C14H15NO2S/c1-3-5-17-12-7-11(8-15-9-12)13(16)14-10(2)4-6-18-14/h4,6-9H,3,5H2,1-2H3. The Labute approximate surface area is 110 Å². The van der Waals surface area contributed by atoms with Crippen LogP contribution in [0.2, 0.25) is 0 Å². The van der Waals surface area contributed by atoms with Crippen LogP contribution in [0.4, 0.5) is 0 Å². The molecule has 4 heteroatoms. The zero-order valence-electron chi connectivity index (χ0n) is 10.5. The van der Waals surface area contributed by atoms with E-state index in [0.29, 0.717) is 17.9 Å². The summed E-state index contributed by atoms with van der Waals surface area (Å²) in [5.41, 5.74) is 1.58. The van der Waals surface area contributed by atoms with E-state index >= 15 is 0 Å². The van der Waals surface area contributed by atoms with Gasteiger partial charge in [-0.2, -0.15) is 0 Å². The van der Waals surface area contributed by atoms with Crippen molar-refractivity contribution < 1.29 is 9.53 Å². The summed E-state index contributed by atoms with van der Waals surface area (Å²) in [6, 6.07) is 3.70. The van der Waals surface area contributed by atoms with Gasteiger partial charge in [-0.3, -0.25) is 9.78 Å². The molecule has 0 bridgehead atoms. The molecule has 0 atom stereocenters. The third-order valence-electron chi connectivity index (χ3n) is 2.52. The number of carbonyl (C=O) groups is 1. The van der Waals surface area contributed by atoms with Gasteiger partial charge in [-0.15, -0.1) is 11.3 Å². The van der Waals surface area contributed by atoms with E-state index in [0.717, 1.165) is 16.9 Å². The predicted octanol–water partition coefficient (Wildman–Crippen LogP) is 3.47. The summed E-state index contributed by atoms with van der Waals surface area (Å²) in [6.45, 7) is 4.61. The van der Waals surface area contributed by atoms with Gasteiger partial charge in [0.15, 0.2) is 0 Å². The van der Waals surface area contributed by atoms with Crippen molar-refractivity contribution in [1.82, 2.24) is 4.98 Å². The monoisotopic (exact) mass is 261 g/mol. The Morgan fingerprint density at radius 1 is 1.44 bits per heavy atom. The summed E-state index contributed by atoms with van der Waals surface area (Å²) in [5, 5.41) is 1.92. The van der Waals surface area contributed by atoms with Crippen molar-refractivity contribution in [3.63, 3.8) is 0 Å². The molecule has 18 heavy (non-hydrogen) atoms. The summed E-state index contributed by atoms with van der Waals surface area (Å²) in [7, 11) is 0. The number of aromatic nitrogens is 1. The van der Waals surface area contributed by atoms with Gasteiger partial charge in [-0.05, 0) is 36.4 Å². The molecule has 0 spiro atoms. The number of hydrogen-bond donors (Lipinski definition) is 0. The highest BCUT2D eigenvalue weighted by molar-refractivity contribution is 7.12. The lowest BCUT2D eigenvalue weighted by Gasteiger charge is -2.05. The summed E-state index contributed by atoms with van der Waals surface area (Å²) >= 11 is 1.46. The molecule has 0 radical (unpaired) electrons. The Morgan fingerprint density at radius 2 is 2.28 bits per heavy atom. The first-order valence-electron chi connectivity index (χ1n) is 5.89. The van der Waals surface area contributed by atoms with Gasteiger partial charge in [-0.1, -0.05) is 6.92 Å². The van der Waals surface area contributed by atoms with Crippen molar-refractivity contribution in [2.45, 2.75) is 20.3 Å². The summed E-state index contributed by atoms with van der Waals surface area (Å²) in [6.07, 6.45) is 4.15. The van der Waals surface area contributed by atoms with E-state index in [1.54, 1.807) is 18.5 Å². The van der Waals surface area contributed by atoms with Crippen LogP contribution in [0.1, 0.15) is 34.1 Å². The zero-order valence-corrected chi connectivity index (χ0v) is 11.3. The average Bonchev–Trinajstić information content (AvgIpc) is 2.82. The zero-order chi connectivity index (χ0) is 13.0. The van der Waals surface area contributed by atoms with Gasteiger partial charge in [0.25, 0.3) is 0 Å². The molecule has 0 aromatic carbocycles. The lowest BCUT2D eigenvalue weighted by Crippen LogP contribution is -2.03. The fourth-order valence-electron chi connectivity index (χ4n) is 1.58. The van der Waals surface area contributed by atoms with Crippen LogP contribution in [-0.4, -0.2) is 17.4 Å². The van der Waals surface area contributed by atoms with Gasteiger partial charge < -0.3 is 4.74 Å². The average molecular weight is 261 g/mol. The van der Waals surface area contributed by atoms with Gasteiger partial charge in [0, 0.05) is 11.8 Å². The molecule has 3 nitrogen and oxygen atoms in total. The van der Waals surface area contributed by atoms with Gasteiger partial charge >= 0.3 is 0 Å². The first kappa shape index (κ1) is 12.8. The largest absolute Gasteiger partial charge is 0.492 e. The second-order valence-corrected chi connectivity index (χ2v) is 4.94. The molecular weight excluding hydrogens is 246 g/mol. The topological polar surface area (TPSA) is 39.2 Å². The van der Waals surface area contributed by atoms with E-state index in [2.05, 4.69) is 4.98 Å². The maximum absolute atomic E-state index is 12.3. The highest BCUT2D eigenvalue weighted by atomic mass is 32.1. The number of rotatable bonds is 5. The van der Waals surface area contributed by atoms with Crippen LogP contribution < -0.4 is 4.74 Å². The number of aryl methyl sites for hydroxylation is 1. The maximum Gasteiger partial charge on any atom is 0.204 e. The molecule has 0 aliphatic heterocycles. The van der Waals surface area contributed by atoms with E-state index in [9.17, 15) is 4.79 Å². The Balaban J connectivity index is 2.23. The SMILES string of the molecule is CCCOc1cncc(C(=O)c2sccc2C)c1. The molecule has 2 rings (SSSR count). The van der Waals surface area contributed by atoms with Gasteiger partial charge in [-0.25, -0.2) is 0 Å². The van der Waals surface area contributed by atoms with Crippen LogP contribution >= 0.6 is 11.3 Å². The van der Waals surface area contributed by atoms with E-state index < -0.39 is 0 Å². The highest BCUT2D eigenvalue weighted by Gasteiger charge is 2.14. The van der Waals surface area contributed by atoms with Gasteiger partial charge in [0.05, 0.1) is 17.7 Å². The van der Waals surface area contributed by atoms with Gasteiger partial charge in [0.1, 0.15) is 5.75 Å². The molecular formula is C14H15NO2S. The van der Waals surface area contributed by atoms with E-state index in [4.69, 9.17) is 4.74 Å². The molecule has 2 heterocycles. The van der Waals surface area contributed by atoms with Crippen molar-refractivity contribution in [3.8, 4) is 5.75 Å². The third-order valence-corrected chi connectivity index (χ3v) is 3.53. The maximum atomic E-state index is 12.3. The first-order valence-corrected chi connectivity index (χ1v) is 6.77. The van der Waals surface area contributed by atoms with Crippen LogP contribution in [0.5, 0.6) is 5.75 Å². The lowest BCUT2D eigenvalue weighted by atomic mass is 10.1. The van der Waals surface area contributed by atoms with Crippen molar-refractivity contribution in [1.29, 1.82) is 0 Å². The molecule has 0 aliphatic rings. The molecule has 0 fully saturated rings. The Bertz CT molecular complexity index is 548. The molecule has 0 saturated carbocycles. The number of pyridine rings is 1. The van der Waals surface area contributed by atoms with Crippen molar-refractivity contribution >= 4 is 17.1 Å². The Morgan fingerprint density at radius 3 is 2.94 bits per heavy atom. The molecule has 0 N–H and O–H groups in total. The third kappa shape index (κ3) is 2.76. The Hall–Kier alpha value is -1.68. The second-order valence-electron chi connectivity index (χ2n) is 4.02. The van der Waals surface area contributed by atoms with Crippen LogP contribution in [0, 0.1) is 6.92 Å². The Kier molecular flexibility index (Phi) is 4.10. The molecule has 0 unspecified atom stereocenters. The number of ketones is 1. The number of ether oxygens (including phenoxy) is 1. The molecule has 2 aromatic heterocycles. The minimum atomic E-state index is 0.0111. The van der Waals surface area contributed by atoms with E-state index in [1.165, 1.54) is 11.3 Å². The van der Waals surface area contributed by atoms with Crippen LogP contribution in [-0.2, 0) is 0 Å². The molecule has 0 saturated heterocycles. The fraction of sp³-hybridized carbons (Fsp3) is 0.286. The number of thiophene rings is 1. The van der Waals surface area contributed by atoms with E-state index in [1.807, 2.05) is 25.3 Å². The van der Waals surface area contributed by atoms with Crippen molar-refractivity contribution in [3.05, 3.63) is 45.9 Å². The molecule has 0 amide bonds. The fourth-order valence-corrected chi connectivity index (χ4v) is 2.47. The summed E-state index contributed by atoms with van der Waals surface area (Å²) in [5.74, 6) is 0.661. The number of hydrogen-bond acceptors (Lipinski definition) is 4. The predicted molar refractivity (Wildman–Crippen MR) is 72.5 cm³/mol. The molecule has 0 aliphatic carbocycles. The number of carbonyl (C=O) groups excluding carboxylic acids is 1. The first-order chi connectivity index (χ1) is 8.72. The van der Waals surface area contributed by atoms with Crippen LogP contribution in [0.3, 0.4) is 0 Å². The normalized spacial score (nSPS) is 10.3. The second kappa shape index (κ2) is 5.78. The van der Waals surface area contributed by atoms with Crippen LogP contribution in [0.15, 0.2) is 29.9 Å². The summed E-state index contributed by atoms with van der Waals surface area (Å²) < 4.78 is 5.48. The highest BCUT2D eigenvalue weighted by Crippen LogP contribution is 2.21. The smallest absolute Gasteiger partial charge is 0.204 e. The molecule has 2 aromatic rings. The van der Waals surface area contributed by atoms with Crippen molar-refractivity contribution in [2.24, 2.45) is 0 Å². The minimum Gasteiger partial charge on any atom is -0.492 e. The minimum absolute atomic E-state index is 0.0111. The van der Waals surface area contributed by atoms with Crippen LogP contribution in [0.25, 0.3) is 0 Å². The lowest BCUT2D eigenvalue weighted by molar-refractivity contribution is 0.104.